The van der Waals surface area contributed by atoms with Gasteiger partial charge in [0.05, 0.1) is 6.20 Å². The first kappa shape index (κ1) is 16.8. The molecule has 0 unspecified atom stereocenters. The third kappa shape index (κ3) is 3.63. The second-order valence-electron chi connectivity index (χ2n) is 6.26. The van der Waals surface area contributed by atoms with Crippen molar-refractivity contribution >= 4 is 5.65 Å². The van der Waals surface area contributed by atoms with Gasteiger partial charge in [0.25, 0.3) is 0 Å². The highest BCUT2D eigenvalue weighted by atomic mass is 16.5. The Balaban J connectivity index is 1.67. The van der Waals surface area contributed by atoms with E-state index in [9.17, 15) is 0 Å². The van der Waals surface area contributed by atoms with Gasteiger partial charge in [0.1, 0.15) is 19.0 Å². The van der Waals surface area contributed by atoms with Gasteiger partial charge >= 0.3 is 0 Å². The lowest BCUT2D eigenvalue weighted by atomic mass is 10.1. The highest BCUT2D eigenvalue weighted by molar-refractivity contribution is 5.77. The smallest absolute Gasteiger partial charge is 0.216 e. The summed E-state index contributed by atoms with van der Waals surface area (Å²) in [5.41, 5.74) is 2.78. The van der Waals surface area contributed by atoms with Crippen molar-refractivity contribution in [2.24, 2.45) is 0 Å². The summed E-state index contributed by atoms with van der Waals surface area (Å²) in [5.74, 6) is 1.48. The topological polar surface area (TPSA) is 63.9 Å². The van der Waals surface area contributed by atoms with Gasteiger partial charge in [0, 0.05) is 44.0 Å². The number of fused-ring (bicyclic) bond motifs is 4. The molecule has 136 valence electrons. The molecule has 1 N–H and O–H groups in total. The fourth-order valence-corrected chi connectivity index (χ4v) is 3.07. The lowest BCUT2D eigenvalue weighted by molar-refractivity contribution is 0.175. The number of hydrogen-bond donors (Lipinski definition) is 1. The van der Waals surface area contributed by atoms with E-state index in [1.165, 1.54) is 0 Å². The minimum absolute atomic E-state index is 0.585. The molecule has 0 fully saturated rings. The zero-order valence-corrected chi connectivity index (χ0v) is 14.9. The van der Waals surface area contributed by atoms with Gasteiger partial charge in [-0.1, -0.05) is 12.1 Å². The van der Waals surface area contributed by atoms with Gasteiger partial charge in [-0.25, -0.2) is 4.52 Å². The quantitative estimate of drug-likeness (QED) is 0.773. The second kappa shape index (κ2) is 7.72. The molecule has 3 heterocycles. The molecule has 1 aliphatic heterocycles. The molecule has 0 spiro atoms. The van der Waals surface area contributed by atoms with Gasteiger partial charge in [-0.2, -0.15) is 10.1 Å². The highest BCUT2D eigenvalue weighted by Gasteiger charge is 2.12. The summed E-state index contributed by atoms with van der Waals surface area (Å²) < 4.78 is 13.6. The Labute approximate surface area is 152 Å². The third-order valence-corrected chi connectivity index (χ3v) is 4.50. The van der Waals surface area contributed by atoms with Crippen LogP contribution < -0.4 is 14.8 Å². The Morgan fingerprint density at radius 1 is 1.15 bits per heavy atom. The SMILES string of the molecule is CNCCN1CCOc2cccc(c2)-c2cnn3ccc(nc23)OCC1. The monoisotopic (exact) mass is 353 g/mol. The summed E-state index contributed by atoms with van der Waals surface area (Å²) in [7, 11) is 1.96. The Hall–Kier alpha value is -2.64. The van der Waals surface area contributed by atoms with Crippen LogP contribution in [0.3, 0.4) is 0 Å². The Kier molecular flexibility index (Phi) is 4.99. The van der Waals surface area contributed by atoms with Gasteiger partial charge in [0.15, 0.2) is 5.65 Å². The summed E-state index contributed by atoms with van der Waals surface area (Å²) in [6.45, 7) is 4.77. The van der Waals surface area contributed by atoms with Gasteiger partial charge in [0.2, 0.25) is 5.88 Å². The molecular formula is C19H23N5O2. The normalized spacial score (nSPS) is 15.4. The van der Waals surface area contributed by atoms with Gasteiger partial charge in [-0.15, -0.1) is 0 Å². The number of nitrogens with zero attached hydrogens (tertiary/aromatic N) is 4. The zero-order valence-electron chi connectivity index (χ0n) is 14.9. The van der Waals surface area contributed by atoms with Crippen LogP contribution in [0.2, 0.25) is 0 Å². The van der Waals surface area contributed by atoms with E-state index in [2.05, 4.69) is 20.3 Å². The maximum absolute atomic E-state index is 5.98. The van der Waals surface area contributed by atoms with Crippen molar-refractivity contribution in [3.63, 3.8) is 0 Å². The van der Waals surface area contributed by atoms with E-state index in [-0.39, 0.29) is 0 Å². The van der Waals surface area contributed by atoms with E-state index >= 15 is 0 Å². The molecule has 0 atom stereocenters. The molecule has 26 heavy (non-hydrogen) atoms. The van der Waals surface area contributed by atoms with Crippen LogP contribution >= 0.6 is 0 Å². The number of aromatic nitrogens is 3. The van der Waals surface area contributed by atoms with Crippen LogP contribution in [0.15, 0.2) is 42.7 Å². The molecule has 0 aliphatic carbocycles. The van der Waals surface area contributed by atoms with Crippen molar-refractivity contribution in [2.45, 2.75) is 0 Å². The number of ether oxygens (including phenoxy) is 2. The summed E-state index contributed by atoms with van der Waals surface area (Å²) in [6.07, 6.45) is 3.71. The second-order valence-corrected chi connectivity index (χ2v) is 6.26. The van der Waals surface area contributed by atoms with E-state index in [0.717, 1.165) is 48.7 Å². The van der Waals surface area contributed by atoms with Gasteiger partial charge in [-0.05, 0) is 24.7 Å². The Morgan fingerprint density at radius 2 is 2.04 bits per heavy atom. The van der Waals surface area contributed by atoms with Gasteiger partial charge in [-0.3, -0.25) is 4.90 Å². The van der Waals surface area contributed by atoms with Crippen LogP contribution in [-0.2, 0) is 0 Å². The van der Waals surface area contributed by atoms with E-state index in [0.29, 0.717) is 19.1 Å². The number of nitrogens with one attached hydrogen (secondary N) is 1. The average Bonchev–Trinajstić information content (AvgIpc) is 3.08. The van der Waals surface area contributed by atoms with Crippen molar-refractivity contribution in [1.82, 2.24) is 24.8 Å². The molecule has 2 aromatic heterocycles. The minimum Gasteiger partial charge on any atom is -0.492 e. The summed E-state index contributed by atoms with van der Waals surface area (Å²) >= 11 is 0. The summed E-state index contributed by atoms with van der Waals surface area (Å²) in [4.78, 5) is 6.98. The first-order valence-electron chi connectivity index (χ1n) is 8.91. The molecule has 7 nitrogen and oxygen atoms in total. The van der Waals surface area contributed by atoms with Crippen molar-refractivity contribution in [2.75, 3.05) is 46.4 Å². The lowest BCUT2D eigenvalue weighted by Crippen LogP contribution is -2.37. The molecule has 4 rings (SSSR count). The molecule has 0 saturated heterocycles. The largest absolute Gasteiger partial charge is 0.492 e. The standard InChI is InChI=1S/C19H23N5O2/c1-20-6-8-23-9-11-25-16-4-2-3-15(13-16)17-14-21-24-7-5-18(22-19(17)24)26-12-10-23/h2-5,7,13-14,20H,6,8-12H2,1H3. The van der Waals surface area contributed by atoms with Crippen molar-refractivity contribution in [3.8, 4) is 22.8 Å². The van der Waals surface area contributed by atoms with E-state index in [4.69, 9.17) is 9.47 Å². The molecule has 4 bridgehead atoms. The number of benzene rings is 1. The minimum atomic E-state index is 0.585. The van der Waals surface area contributed by atoms with Crippen LogP contribution in [0.1, 0.15) is 0 Å². The van der Waals surface area contributed by atoms with E-state index < -0.39 is 0 Å². The van der Waals surface area contributed by atoms with Crippen LogP contribution in [0.4, 0.5) is 0 Å². The summed E-state index contributed by atoms with van der Waals surface area (Å²) in [6, 6.07) is 9.92. The fourth-order valence-electron chi connectivity index (χ4n) is 3.07. The predicted octanol–water partition coefficient (Wildman–Crippen LogP) is 1.69. The van der Waals surface area contributed by atoms with E-state index in [1.807, 2.05) is 49.8 Å². The Bertz CT molecular complexity index is 879. The third-order valence-electron chi connectivity index (χ3n) is 4.50. The maximum Gasteiger partial charge on any atom is 0.216 e. The van der Waals surface area contributed by atoms with Crippen LogP contribution in [-0.4, -0.2) is 65.9 Å². The average molecular weight is 353 g/mol. The predicted molar refractivity (Wildman–Crippen MR) is 99.8 cm³/mol. The lowest BCUT2D eigenvalue weighted by Gasteiger charge is -2.22. The number of likely N-dealkylation sites (N-methyl/N-ethyl adjacent to an activating group) is 1. The molecule has 1 aliphatic rings. The number of hydrogen-bond acceptors (Lipinski definition) is 6. The van der Waals surface area contributed by atoms with Crippen molar-refractivity contribution < 1.29 is 9.47 Å². The molecule has 7 heteroatoms. The summed E-state index contributed by atoms with van der Waals surface area (Å²) in [5, 5.41) is 7.59. The zero-order chi connectivity index (χ0) is 17.8. The first-order chi connectivity index (χ1) is 12.8. The molecule has 3 aromatic rings. The molecular weight excluding hydrogens is 330 g/mol. The van der Waals surface area contributed by atoms with Crippen molar-refractivity contribution in [1.29, 1.82) is 0 Å². The van der Waals surface area contributed by atoms with Crippen LogP contribution in [0.25, 0.3) is 16.8 Å². The highest BCUT2D eigenvalue weighted by Crippen LogP contribution is 2.27. The van der Waals surface area contributed by atoms with Gasteiger partial charge < -0.3 is 14.8 Å². The van der Waals surface area contributed by atoms with Crippen LogP contribution in [0, 0.1) is 0 Å². The number of rotatable bonds is 3. The molecule has 1 aromatic carbocycles. The molecule has 0 saturated carbocycles. The fraction of sp³-hybridized carbons (Fsp3) is 0.368. The van der Waals surface area contributed by atoms with E-state index in [1.54, 1.807) is 4.52 Å². The first-order valence-corrected chi connectivity index (χ1v) is 8.91. The maximum atomic E-state index is 5.98. The molecule has 0 radical (unpaired) electrons. The molecule has 0 amide bonds. The van der Waals surface area contributed by atoms with Crippen molar-refractivity contribution in [3.05, 3.63) is 42.7 Å². The van der Waals surface area contributed by atoms with Crippen LogP contribution in [0.5, 0.6) is 11.6 Å². The Morgan fingerprint density at radius 3 is 2.92 bits per heavy atom.